The van der Waals surface area contributed by atoms with Crippen LogP contribution < -0.4 is 0 Å². The van der Waals surface area contributed by atoms with Gasteiger partial charge >= 0.3 is 11.9 Å². The Morgan fingerprint density at radius 3 is 1.90 bits per heavy atom. The monoisotopic (exact) mass is 292 g/mol. The average Bonchev–Trinajstić information content (AvgIpc) is 2.49. The number of carbonyl (C=O) groups excluding carboxylic acids is 2. The number of hydrogen-bond acceptors (Lipinski definition) is 4. The minimum absolute atomic E-state index is 0.230. The first-order valence-corrected chi connectivity index (χ1v) is 7.51. The Labute approximate surface area is 126 Å². The van der Waals surface area contributed by atoms with Gasteiger partial charge in [0.05, 0.1) is 13.2 Å². The predicted octanol–water partition coefficient (Wildman–Crippen LogP) is 3.02. The van der Waals surface area contributed by atoms with Gasteiger partial charge in [-0.15, -0.1) is 0 Å². The largest absolute Gasteiger partial charge is 0.465 e. The molecule has 0 spiro atoms. The Hall–Kier alpha value is -1.84. The van der Waals surface area contributed by atoms with Crippen molar-refractivity contribution in [3.05, 3.63) is 35.4 Å². The fourth-order valence-corrected chi connectivity index (χ4v) is 2.54. The Bertz CT molecular complexity index is 475. The Morgan fingerprint density at radius 2 is 1.48 bits per heavy atom. The van der Waals surface area contributed by atoms with Crippen LogP contribution in [0.2, 0.25) is 0 Å². The van der Waals surface area contributed by atoms with Crippen molar-refractivity contribution in [1.82, 2.24) is 0 Å². The van der Waals surface area contributed by atoms with Gasteiger partial charge in [0.15, 0.2) is 5.41 Å². The van der Waals surface area contributed by atoms with Crippen LogP contribution in [0.15, 0.2) is 24.3 Å². The highest BCUT2D eigenvalue weighted by molar-refractivity contribution is 6.06. The lowest BCUT2D eigenvalue weighted by Crippen LogP contribution is -2.46. The SMILES string of the molecule is CCOC(=O)C(CC)(C(=O)OCC)c1ccccc1CC. The Balaban J connectivity index is 3.48. The smallest absolute Gasteiger partial charge is 0.328 e. The average molecular weight is 292 g/mol. The standard InChI is InChI=1S/C17H24O4/c1-5-13-11-9-10-12-14(13)17(6-2,15(18)20-7-3)16(19)21-8-4/h9-12H,5-8H2,1-4H3. The third kappa shape index (κ3) is 3.26. The third-order valence-electron chi connectivity index (χ3n) is 3.64. The fourth-order valence-electron chi connectivity index (χ4n) is 2.54. The fraction of sp³-hybridized carbons (Fsp3) is 0.529. The number of aryl methyl sites for hydroxylation is 1. The molecule has 116 valence electrons. The summed E-state index contributed by atoms with van der Waals surface area (Å²) in [4.78, 5) is 25.1. The molecule has 0 aromatic heterocycles. The van der Waals surface area contributed by atoms with E-state index in [1.807, 2.05) is 31.2 Å². The van der Waals surface area contributed by atoms with Crippen molar-refractivity contribution in [2.24, 2.45) is 0 Å². The molecule has 1 aromatic rings. The minimum Gasteiger partial charge on any atom is -0.465 e. The maximum absolute atomic E-state index is 12.6. The van der Waals surface area contributed by atoms with Gasteiger partial charge in [-0.05, 0) is 37.8 Å². The van der Waals surface area contributed by atoms with Gasteiger partial charge in [-0.3, -0.25) is 9.59 Å². The summed E-state index contributed by atoms with van der Waals surface area (Å²) in [6, 6.07) is 7.48. The van der Waals surface area contributed by atoms with Gasteiger partial charge in [-0.2, -0.15) is 0 Å². The van der Waals surface area contributed by atoms with Crippen molar-refractivity contribution >= 4 is 11.9 Å². The molecule has 0 atom stereocenters. The predicted molar refractivity (Wildman–Crippen MR) is 81.1 cm³/mol. The molecule has 0 unspecified atom stereocenters. The third-order valence-corrected chi connectivity index (χ3v) is 3.64. The van der Waals surface area contributed by atoms with Crippen molar-refractivity contribution in [2.45, 2.75) is 46.0 Å². The number of hydrogen-bond donors (Lipinski definition) is 0. The lowest BCUT2D eigenvalue weighted by molar-refractivity contribution is -0.165. The molecule has 1 aromatic carbocycles. The van der Waals surface area contributed by atoms with E-state index in [0.29, 0.717) is 12.0 Å². The number of benzene rings is 1. The molecule has 0 bridgehead atoms. The molecule has 0 N–H and O–H groups in total. The molecule has 0 saturated heterocycles. The van der Waals surface area contributed by atoms with E-state index in [9.17, 15) is 9.59 Å². The Morgan fingerprint density at radius 1 is 0.952 bits per heavy atom. The van der Waals surface area contributed by atoms with Crippen molar-refractivity contribution in [1.29, 1.82) is 0 Å². The van der Waals surface area contributed by atoms with Crippen LogP contribution in [0.5, 0.6) is 0 Å². The summed E-state index contributed by atoms with van der Waals surface area (Å²) in [6.45, 7) is 7.73. The molecule has 0 radical (unpaired) electrons. The van der Waals surface area contributed by atoms with Gasteiger partial charge in [-0.1, -0.05) is 38.1 Å². The van der Waals surface area contributed by atoms with E-state index in [2.05, 4.69) is 0 Å². The molecule has 21 heavy (non-hydrogen) atoms. The minimum atomic E-state index is -1.38. The van der Waals surface area contributed by atoms with Crippen LogP contribution in [-0.2, 0) is 30.9 Å². The molecule has 0 fully saturated rings. The van der Waals surface area contributed by atoms with Crippen LogP contribution in [0.25, 0.3) is 0 Å². The van der Waals surface area contributed by atoms with Gasteiger partial charge in [-0.25, -0.2) is 0 Å². The van der Waals surface area contributed by atoms with E-state index in [0.717, 1.165) is 12.0 Å². The van der Waals surface area contributed by atoms with Gasteiger partial charge in [0, 0.05) is 0 Å². The molecule has 4 nitrogen and oxygen atoms in total. The van der Waals surface area contributed by atoms with Crippen LogP contribution >= 0.6 is 0 Å². The first-order chi connectivity index (χ1) is 10.1. The molecule has 0 heterocycles. The molecule has 0 aliphatic rings. The summed E-state index contributed by atoms with van der Waals surface area (Å²) in [5.41, 5.74) is 0.269. The summed E-state index contributed by atoms with van der Waals surface area (Å²) < 4.78 is 10.4. The van der Waals surface area contributed by atoms with Crippen LogP contribution in [0.1, 0.15) is 45.2 Å². The second-order valence-electron chi connectivity index (χ2n) is 4.71. The lowest BCUT2D eigenvalue weighted by atomic mass is 9.75. The highest BCUT2D eigenvalue weighted by atomic mass is 16.6. The van der Waals surface area contributed by atoms with E-state index in [4.69, 9.17) is 9.47 Å². The van der Waals surface area contributed by atoms with Gasteiger partial charge in [0.2, 0.25) is 0 Å². The second kappa shape index (κ2) is 7.81. The van der Waals surface area contributed by atoms with Crippen molar-refractivity contribution in [2.75, 3.05) is 13.2 Å². The number of ether oxygens (including phenoxy) is 2. The maximum Gasteiger partial charge on any atom is 0.328 e. The van der Waals surface area contributed by atoms with Crippen molar-refractivity contribution in [3.8, 4) is 0 Å². The van der Waals surface area contributed by atoms with E-state index >= 15 is 0 Å². The zero-order chi connectivity index (χ0) is 15.9. The van der Waals surface area contributed by atoms with Crippen molar-refractivity contribution in [3.63, 3.8) is 0 Å². The summed E-state index contributed by atoms with van der Waals surface area (Å²) in [6.07, 6.45) is 1.04. The normalized spacial score (nSPS) is 11.0. The Kier molecular flexibility index (Phi) is 6.40. The van der Waals surface area contributed by atoms with E-state index in [1.165, 1.54) is 0 Å². The summed E-state index contributed by atoms with van der Waals surface area (Å²) >= 11 is 0. The van der Waals surface area contributed by atoms with E-state index in [-0.39, 0.29) is 13.2 Å². The molecule has 4 heteroatoms. The molecule has 0 aliphatic carbocycles. The zero-order valence-electron chi connectivity index (χ0n) is 13.3. The van der Waals surface area contributed by atoms with Gasteiger partial charge in [0.1, 0.15) is 0 Å². The van der Waals surface area contributed by atoms with Crippen LogP contribution in [0.4, 0.5) is 0 Å². The lowest BCUT2D eigenvalue weighted by Gasteiger charge is -2.30. The number of carbonyl (C=O) groups is 2. The quantitative estimate of drug-likeness (QED) is 0.572. The van der Waals surface area contributed by atoms with E-state index in [1.54, 1.807) is 20.8 Å². The first-order valence-electron chi connectivity index (χ1n) is 7.51. The van der Waals surface area contributed by atoms with Gasteiger partial charge < -0.3 is 9.47 Å². The second-order valence-corrected chi connectivity index (χ2v) is 4.71. The maximum atomic E-state index is 12.6. The summed E-state index contributed by atoms with van der Waals surface area (Å²) in [5, 5.41) is 0. The van der Waals surface area contributed by atoms with Crippen molar-refractivity contribution < 1.29 is 19.1 Å². The molecule has 1 rings (SSSR count). The molecule has 0 saturated carbocycles. The first kappa shape index (κ1) is 17.2. The molecule has 0 aliphatic heterocycles. The van der Waals surface area contributed by atoms with Gasteiger partial charge in [0.25, 0.3) is 0 Å². The zero-order valence-corrected chi connectivity index (χ0v) is 13.3. The number of rotatable bonds is 7. The highest BCUT2D eigenvalue weighted by Gasteiger charge is 2.49. The van der Waals surface area contributed by atoms with Crippen LogP contribution in [0.3, 0.4) is 0 Å². The summed E-state index contributed by atoms with van der Waals surface area (Å²) in [5.74, 6) is -1.07. The highest BCUT2D eigenvalue weighted by Crippen LogP contribution is 2.34. The molecule has 0 amide bonds. The topological polar surface area (TPSA) is 52.6 Å². The van der Waals surface area contributed by atoms with Crippen LogP contribution in [-0.4, -0.2) is 25.2 Å². The van der Waals surface area contributed by atoms with E-state index < -0.39 is 17.4 Å². The molecular weight excluding hydrogens is 268 g/mol. The number of esters is 2. The summed E-state index contributed by atoms with van der Waals surface area (Å²) in [7, 11) is 0. The molecular formula is C17H24O4. The van der Waals surface area contributed by atoms with Crippen LogP contribution in [0, 0.1) is 0 Å².